The van der Waals surface area contributed by atoms with Gasteiger partial charge in [0, 0.05) is 51.5 Å². The number of rotatable bonds is 3. The van der Waals surface area contributed by atoms with Crippen molar-refractivity contribution >= 4 is 10.0 Å². The van der Waals surface area contributed by atoms with Crippen LogP contribution in [0.3, 0.4) is 0 Å². The minimum atomic E-state index is -3.98. The molecule has 3 aliphatic rings. The fraction of sp³-hybridized carbons (Fsp3) is 0.667. The Hall–Kier alpha value is -1.13. The number of halogens is 2. The molecule has 0 amide bonds. The van der Waals surface area contributed by atoms with Crippen molar-refractivity contribution in [3.8, 4) is 0 Å². The zero-order chi connectivity index (χ0) is 19.1. The Morgan fingerprint density at radius 3 is 2.41 bits per heavy atom. The second kappa shape index (κ2) is 7.36. The van der Waals surface area contributed by atoms with Gasteiger partial charge < -0.3 is 9.47 Å². The molecule has 1 aromatic carbocycles. The summed E-state index contributed by atoms with van der Waals surface area (Å²) in [6.45, 7) is 3.68. The first-order valence-electron chi connectivity index (χ1n) is 9.30. The van der Waals surface area contributed by atoms with E-state index in [0.717, 1.165) is 51.2 Å². The maximum atomic E-state index is 13.5. The molecule has 1 spiro atoms. The molecule has 6 nitrogen and oxygen atoms in total. The van der Waals surface area contributed by atoms with Crippen molar-refractivity contribution in [2.45, 2.75) is 35.8 Å². The molecule has 0 bridgehead atoms. The first-order valence-corrected chi connectivity index (χ1v) is 10.7. The van der Waals surface area contributed by atoms with Gasteiger partial charge in [-0.2, -0.15) is 4.31 Å². The fourth-order valence-electron chi connectivity index (χ4n) is 4.33. The third-order valence-electron chi connectivity index (χ3n) is 5.74. The van der Waals surface area contributed by atoms with E-state index in [1.807, 2.05) is 0 Å². The fourth-order valence-corrected chi connectivity index (χ4v) is 5.87. The van der Waals surface area contributed by atoms with Crippen LogP contribution in [0.2, 0.25) is 0 Å². The molecule has 9 heteroatoms. The second-order valence-corrected chi connectivity index (χ2v) is 9.48. The molecule has 0 aromatic heterocycles. The molecule has 0 unspecified atom stereocenters. The third-order valence-corrected chi connectivity index (χ3v) is 7.56. The van der Waals surface area contributed by atoms with Crippen LogP contribution in [0, 0.1) is 11.6 Å². The average Bonchev–Trinajstić information content (AvgIpc) is 3.05. The smallest absolute Gasteiger partial charge is 0.243 e. The predicted octanol–water partition coefficient (Wildman–Crippen LogP) is 1.61. The molecule has 3 saturated heterocycles. The van der Waals surface area contributed by atoms with Gasteiger partial charge in [-0.25, -0.2) is 17.2 Å². The molecular formula is C18H24F2N2O4S. The number of nitrogens with zero attached hydrogens (tertiary/aromatic N) is 2. The molecule has 1 aromatic rings. The molecule has 3 aliphatic heterocycles. The number of morpholine rings is 1. The van der Waals surface area contributed by atoms with Crippen LogP contribution >= 0.6 is 0 Å². The molecule has 1 atom stereocenters. The summed E-state index contributed by atoms with van der Waals surface area (Å²) in [6.07, 6.45) is 2.69. The Morgan fingerprint density at radius 2 is 1.70 bits per heavy atom. The van der Waals surface area contributed by atoms with Crippen molar-refractivity contribution < 1.29 is 26.7 Å². The molecule has 0 aliphatic carbocycles. The summed E-state index contributed by atoms with van der Waals surface area (Å²) < 4.78 is 65.6. The van der Waals surface area contributed by atoms with E-state index in [1.54, 1.807) is 0 Å². The molecule has 0 N–H and O–H groups in total. The summed E-state index contributed by atoms with van der Waals surface area (Å²) >= 11 is 0. The highest BCUT2D eigenvalue weighted by atomic mass is 32.2. The third kappa shape index (κ3) is 3.88. The molecule has 27 heavy (non-hydrogen) atoms. The van der Waals surface area contributed by atoms with E-state index in [0.29, 0.717) is 18.7 Å². The topological polar surface area (TPSA) is 59.1 Å². The van der Waals surface area contributed by atoms with Crippen molar-refractivity contribution in [2.24, 2.45) is 0 Å². The van der Waals surface area contributed by atoms with E-state index in [-0.39, 0.29) is 24.6 Å². The van der Waals surface area contributed by atoms with Gasteiger partial charge in [-0.15, -0.1) is 0 Å². The van der Waals surface area contributed by atoms with Crippen LogP contribution in [-0.2, 0) is 19.5 Å². The quantitative estimate of drug-likeness (QED) is 0.769. The molecule has 4 rings (SSSR count). The van der Waals surface area contributed by atoms with Crippen molar-refractivity contribution in [3.05, 3.63) is 29.8 Å². The summed E-state index contributed by atoms with van der Waals surface area (Å²) in [4.78, 5) is 2.01. The lowest BCUT2D eigenvalue weighted by Gasteiger charge is -2.40. The van der Waals surface area contributed by atoms with Crippen LogP contribution < -0.4 is 0 Å². The second-order valence-electron chi connectivity index (χ2n) is 7.54. The van der Waals surface area contributed by atoms with Crippen molar-refractivity contribution in [2.75, 3.05) is 46.0 Å². The summed E-state index contributed by atoms with van der Waals surface area (Å²) in [5.74, 6) is -1.80. The first kappa shape index (κ1) is 19.2. The number of benzene rings is 1. The monoisotopic (exact) mass is 402 g/mol. The summed E-state index contributed by atoms with van der Waals surface area (Å²) in [6, 6.07) is 2.83. The van der Waals surface area contributed by atoms with Gasteiger partial charge in [-0.3, -0.25) is 4.90 Å². The van der Waals surface area contributed by atoms with Gasteiger partial charge in [0.25, 0.3) is 0 Å². The van der Waals surface area contributed by atoms with Gasteiger partial charge in [-0.05, 0) is 31.4 Å². The van der Waals surface area contributed by atoms with Crippen LogP contribution in [0.15, 0.2) is 23.1 Å². The van der Waals surface area contributed by atoms with Gasteiger partial charge in [0.1, 0.15) is 11.6 Å². The Morgan fingerprint density at radius 1 is 1.00 bits per heavy atom. The van der Waals surface area contributed by atoms with Crippen LogP contribution in [-0.4, -0.2) is 75.3 Å². The largest absolute Gasteiger partial charge is 0.381 e. The maximum Gasteiger partial charge on any atom is 0.243 e. The maximum absolute atomic E-state index is 13.5. The van der Waals surface area contributed by atoms with E-state index in [9.17, 15) is 17.2 Å². The van der Waals surface area contributed by atoms with E-state index in [1.165, 1.54) is 4.31 Å². The molecule has 0 radical (unpaired) electrons. The Labute approximate surface area is 158 Å². The highest BCUT2D eigenvalue weighted by Gasteiger charge is 2.47. The van der Waals surface area contributed by atoms with Crippen LogP contribution in [0.25, 0.3) is 0 Å². The highest BCUT2D eigenvalue weighted by Crippen LogP contribution is 2.34. The molecule has 3 fully saturated rings. The van der Waals surface area contributed by atoms with E-state index in [4.69, 9.17) is 9.47 Å². The van der Waals surface area contributed by atoms with Crippen molar-refractivity contribution in [1.82, 2.24) is 9.21 Å². The van der Waals surface area contributed by atoms with Gasteiger partial charge in [-0.1, -0.05) is 0 Å². The number of likely N-dealkylation sites (tertiary alicyclic amines) is 1. The van der Waals surface area contributed by atoms with E-state index in [2.05, 4.69) is 4.90 Å². The van der Waals surface area contributed by atoms with E-state index < -0.39 is 27.3 Å². The Kier molecular flexibility index (Phi) is 5.24. The lowest BCUT2D eigenvalue weighted by atomic mass is 10.0. The van der Waals surface area contributed by atoms with Crippen molar-refractivity contribution in [1.29, 1.82) is 0 Å². The highest BCUT2D eigenvalue weighted by molar-refractivity contribution is 7.89. The van der Waals surface area contributed by atoms with Gasteiger partial charge >= 0.3 is 0 Å². The zero-order valence-corrected chi connectivity index (χ0v) is 15.9. The number of sulfonamides is 1. The van der Waals surface area contributed by atoms with E-state index >= 15 is 0 Å². The molecule has 3 heterocycles. The minimum absolute atomic E-state index is 0.180. The Balaban J connectivity index is 1.51. The van der Waals surface area contributed by atoms with Crippen LogP contribution in [0.5, 0.6) is 0 Å². The lowest BCUT2D eigenvalue weighted by molar-refractivity contribution is -0.0846. The van der Waals surface area contributed by atoms with Crippen LogP contribution in [0.4, 0.5) is 8.78 Å². The van der Waals surface area contributed by atoms with Gasteiger partial charge in [0.2, 0.25) is 10.0 Å². The Bertz CT molecular complexity index is 780. The SMILES string of the molecule is O=S(=O)(c1cc(F)cc(F)c1)N1CCO[C@]2(CCN(C3CCOCC3)C2)C1. The first-order chi connectivity index (χ1) is 12.9. The summed E-state index contributed by atoms with van der Waals surface area (Å²) in [5, 5.41) is 0. The molecule has 0 saturated carbocycles. The number of hydrogen-bond acceptors (Lipinski definition) is 5. The van der Waals surface area contributed by atoms with Gasteiger partial charge in [0.15, 0.2) is 0 Å². The average molecular weight is 402 g/mol. The van der Waals surface area contributed by atoms with Crippen molar-refractivity contribution in [3.63, 3.8) is 0 Å². The molecule has 150 valence electrons. The number of hydrogen-bond donors (Lipinski definition) is 0. The predicted molar refractivity (Wildman–Crippen MR) is 93.8 cm³/mol. The molecular weight excluding hydrogens is 378 g/mol. The lowest BCUT2D eigenvalue weighted by Crippen LogP contribution is -2.55. The standard InChI is InChI=1S/C18H24F2N2O4S/c19-14-9-15(20)11-17(10-14)27(23,24)22-5-8-26-18(13-22)3-4-21(12-18)16-1-6-25-7-2-16/h9-11,16H,1-8,12-13H2/t18-/m0/s1. The normalized spacial score (nSPS) is 28.8. The summed E-state index contributed by atoms with van der Waals surface area (Å²) in [7, 11) is -3.98. The summed E-state index contributed by atoms with van der Waals surface area (Å²) in [5.41, 5.74) is -0.560. The van der Waals surface area contributed by atoms with Crippen LogP contribution in [0.1, 0.15) is 19.3 Å². The number of ether oxygens (including phenoxy) is 2. The zero-order valence-electron chi connectivity index (χ0n) is 15.1. The van der Waals surface area contributed by atoms with Gasteiger partial charge in [0.05, 0.1) is 17.1 Å². The minimum Gasteiger partial charge on any atom is -0.381 e.